The van der Waals surface area contributed by atoms with E-state index in [1.165, 1.54) is 33.4 Å². The van der Waals surface area contributed by atoms with Gasteiger partial charge in [-0.3, -0.25) is 0 Å². The molecule has 0 N–H and O–H groups in total. The Morgan fingerprint density at radius 1 is 0.500 bits per heavy atom. The molecule has 2 heterocycles. The topological polar surface area (TPSA) is 25.8 Å². The third-order valence-corrected chi connectivity index (χ3v) is 11.1. The van der Waals surface area contributed by atoms with Crippen LogP contribution < -0.4 is 0 Å². The van der Waals surface area contributed by atoms with Gasteiger partial charge in [-0.25, -0.2) is 0 Å². The van der Waals surface area contributed by atoms with Crippen molar-refractivity contribution >= 4 is 21.5 Å². The molecule has 0 bridgehead atoms. The number of fused-ring (bicyclic) bond motifs is 5. The molecule has 0 amide bonds. The first-order valence-electron chi connectivity index (χ1n) is 18.6. The minimum Gasteiger partial charge on any atom is -0.305 e. The average molecular weight is 878 g/mol. The zero-order valence-corrected chi connectivity index (χ0v) is 33.8. The van der Waals surface area contributed by atoms with Crippen molar-refractivity contribution in [3.8, 4) is 33.6 Å². The van der Waals surface area contributed by atoms with E-state index >= 15 is 0 Å². The molecule has 0 aliphatic heterocycles. The first-order valence-corrected chi connectivity index (χ1v) is 18.6. The summed E-state index contributed by atoms with van der Waals surface area (Å²) in [6, 6.07) is 56.7. The summed E-state index contributed by atoms with van der Waals surface area (Å²) < 4.78 is 0. The fourth-order valence-corrected chi connectivity index (χ4v) is 8.22. The Morgan fingerprint density at radius 2 is 1.09 bits per heavy atom. The first-order chi connectivity index (χ1) is 25.5. The largest absolute Gasteiger partial charge is 2.00 e. The third-order valence-electron chi connectivity index (χ3n) is 11.1. The summed E-state index contributed by atoms with van der Waals surface area (Å²) in [5.74, 6) is 0. The van der Waals surface area contributed by atoms with Crippen molar-refractivity contribution in [1.82, 2.24) is 9.97 Å². The van der Waals surface area contributed by atoms with Crippen LogP contribution >= 0.6 is 0 Å². The fraction of sp³-hybridized carbons (Fsp3) is 0.176. The smallest absolute Gasteiger partial charge is 0.305 e. The summed E-state index contributed by atoms with van der Waals surface area (Å²) in [6.45, 7) is 13.6. The Hall–Kier alpha value is -5.17. The molecule has 8 aromatic rings. The third kappa shape index (κ3) is 5.83. The van der Waals surface area contributed by atoms with Crippen LogP contribution in [0.4, 0.5) is 0 Å². The predicted octanol–water partition coefficient (Wildman–Crippen LogP) is 12.7. The zero-order chi connectivity index (χ0) is 36.5. The van der Waals surface area contributed by atoms with Crippen molar-refractivity contribution in [3.63, 3.8) is 0 Å². The predicted molar refractivity (Wildman–Crippen MR) is 220 cm³/mol. The Morgan fingerprint density at radius 3 is 1.78 bits per heavy atom. The van der Waals surface area contributed by atoms with Gasteiger partial charge in [0.05, 0.1) is 0 Å². The summed E-state index contributed by atoms with van der Waals surface area (Å²) >= 11 is 0. The fourth-order valence-electron chi connectivity index (χ4n) is 8.22. The number of rotatable bonds is 4. The molecule has 0 saturated carbocycles. The maximum atomic E-state index is 5.03. The molecule has 1 aliphatic carbocycles. The first kappa shape index (κ1) is 35.8. The summed E-state index contributed by atoms with van der Waals surface area (Å²) in [5.41, 5.74) is 12.5. The Kier molecular flexibility index (Phi) is 8.82. The van der Waals surface area contributed by atoms with Gasteiger partial charge in [-0.1, -0.05) is 156 Å². The minimum absolute atomic E-state index is 0. The van der Waals surface area contributed by atoms with E-state index in [2.05, 4.69) is 187 Å². The molecule has 266 valence electrons. The SMILES string of the molecule is CC(C)(C)c1cc(-c2cc3ccccc3cn2)[c-]c(C2(c3[c-]c(-c4cc(C(C)(C)C)ccn4)c4ccccc4c3)c3ccccc3-c3ccccc32)c1.[Pt+2]. The minimum atomic E-state index is -0.722. The zero-order valence-electron chi connectivity index (χ0n) is 31.6. The summed E-state index contributed by atoms with van der Waals surface area (Å²) in [5, 5.41) is 4.58. The normalized spacial score (nSPS) is 13.4. The van der Waals surface area contributed by atoms with E-state index in [0.717, 1.165) is 55.2 Å². The van der Waals surface area contributed by atoms with Gasteiger partial charge < -0.3 is 9.97 Å². The van der Waals surface area contributed by atoms with Gasteiger partial charge in [0.1, 0.15) is 0 Å². The second-order valence-corrected chi connectivity index (χ2v) is 16.5. The van der Waals surface area contributed by atoms with E-state index < -0.39 is 5.41 Å². The molecule has 1 aliphatic rings. The summed E-state index contributed by atoms with van der Waals surface area (Å²) in [6.07, 6.45) is 3.94. The molecule has 54 heavy (non-hydrogen) atoms. The maximum Gasteiger partial charge on any atom is 2.00 e. The number of aromatic nitrogens is 2. The second-order valence-electron chi connectivity index (χ2n) is 16.5. The van der Waals surface area contributed by atoms with Crippen molar-refractivity contribution in [3.05, 3.63) is 191 Å². The van der Waals surface area contributed by atoms with E-state index in [0.29, 0.717) is 0 Å². The average Bonchev–Trinajstić information content (AvgIpc) is 3.47. The molecule has 3 heteroatoms. The van der Waals surface area contributed by atoms with Gasteiger partial charge in [-0.2, -0.15) is 0 Å². The molecule has 0 atom stereocenters. The van der Waals surface area contributed by atoms with Crippen LogP contribution in [0.15, 0.2) is 146 Å². The maximum absolute atomic E-state index is 5.03. The summed E-state index contributed by atoms with van der Waals surface area (Å²) in [4.78, 5) is 10.0. The van der Waals surface area contributed by atoms with Gasteiger partial charge in [0, 0.05) is 17.8 Å². The Labute approximate surface area is 333 Å². The van der Waals surface area contributed by atoms with Crippen molar-refractivity contribution in [2.45, 2.75) is 57.8 Å². The van der Waals surface area contributed by atoms with Crippen molar-refractivity contribution in [1.29, 1.82) is 0 Å². The van der Waals surface area contributed by atoms with Gasteiger partial charge in [-0.05, 0) is 66.9 Å². The number of benzene rings is 6. The van der Waals surface area contributed by atoms with Crippen LogP contribution in [0.3, 0.4) is 0 Å². The molecular formula is C51H42N2Pt. The van der Waals surface area contributed by atoms with Crippen LogP contribution in [-0.2, 0) is 37.3 Å². The molecule has 2 nitrogen and oxygen atoms in total. The molecule has 0 unspecified atom stereocenters. The summed E-state index contributed by atoms with van der Waals surface area (Å²) in [7, 11) is 0. The molecule has 0 saturated heterocycles. The number of pyridine rings is 2. The van der Waals surface area contributed by atoms with Crippen LogP contribution in [0.2, 0.25) is 0 Å². The van der Waals surface area contributed by atoms with Gasteiger partial charge in [0.25, 0.3) is 0 Å². The van der Waals surface area contributed by atoms with Crippen LogP contribution in [0, 0.1) is 12.1 Å². The quantitative estimate of drug-likeness (QED) is 0.165. The molecule has 6 aromatic carbocycles. The standard InChI is InChI=1S/C51H42N2.Pt/c1-49(2,3)37-23-24-52-48(31-37)44-30-40(25-34-16-9-10-18-41(34)44)51(45-21-13-11-19-42(45)43-20-12-14-22-46(43)51)39-27-36(26-38(29-39)50(4,5)6)47-28-33-15-7-8-17-35(33)32-53-47;/h7-26,28-29,31-32H,1-6H3;/q-2;+2. The van der Waals surface area contributed by atoms with Crippen LogP contribution in [0.25, 0.3) is 55.2 Å². The molecule has 9 rings (SSSR count). The monoisotopic (exact) mass is 877 g/mol. The van der Waals surface area contributed by atoms with E-state index in [9.17, 15) is 0 Å². The van der Waals surface area contributed by atoms with E-state index in [1.54, 1.807) is 0 Å². The molecule has 0 radical (unpaired) electrons. The number of hydrogen-bond donors (Lipinski definition) is 0. The van der Waals surface area contributed by atoms with Crippen LogP contribution in [0.1, 0.15) is 74.9 Å². The van der Waals surface area contributed by atoms with Crippen molar-refractivity contribution in [2.75, 3.05) is 0 Å². The van der Waals surface area contributed by atoms with E-state index in [-0.39, 0.29) is 31.9 Å². The van der Waals surface area contributed by atoms with Crippen molar-refractivity contribution < 1.29 is 21.1 Å². The Bertz CT molecular complexity index is 2660. The Balaban J connectivity index is 0.00000413. The van der Waals surface area contributed by atoms with E-state index in [4.69, 9.17) is 9.97 Å². The number of nitrogens with zero attached hydrogens (tertiary/aromatic N) is 2. The van der Waals surface area contributed by atoms with Crippen LogP contribution in [0.5, 0.6) is 0 Å². The molecule has 0 spiro atoms. The molecule has 2 aromatic heterocycles. The van der Waals surface area contributed by atoms with Gasteiger partial charge in [0.15, 0.2) is 0 Å². The van der Waals surface area contributed by atoms with E-state index in [1.807, 2.05) is 12.4 Å². The van der Waals surface area contributed by atoms with Gasteiger partial charge in [0.2, 0.25) is 0 Å². The van der Waals surface area contributed by atoms with Gasteiger partial charge in [-0.15, -0.1) is 63.5 Å². The molecular weight excluding hydrogens is 836 g/mol. The molecule has 0 fully saturated rings. The second kappa shape index (κ2) is 13.3. The number of hydrogen-bond acceptors (Lipinski definition) is 2. The van der Waals surface area contributed by atoms with Crippen molar-refractivity contribution in [2.24, 2.45) is 0 Å². The van der Waals surface area contributed by atoms with Gasteiger partial charge >= 0.3 is 21.1 Å². The van der Waals surface area contributed by atoms with Crippen LogP contribution in [-0.4, -0.2) is 9.97 Å².